The van der Waals surface area contributed by atoms with Gasteiger partial charge in [0.2, 0.25) is 10.0 Å². The number of nitrogens with zero attached hydrogens (tertiary/aromatic N) is 3. The number of benzene rings is 2. The van der Waals surface area contributed by atoms with Crippen molar-refractivity contribution in [2.75, 3.05) is 26.3 Å². The van der Waals surface area contributed by atoms with Gasteiger partial charge >= 0.3 is 0 Å². The van der Waals surface area contributed by atoms with Crippen molar-refractivity contribution in [2.45, 2.75) is 38.1 Å². The zero-order valence-electron chi connectivity index (χ0n) is 19.5. The summed E-state index contributed by atoms with van der Waals surface area (Å²) in [4.78, 5) is 17.4. The largest absolute Gasteiger partial charge is 0.380 e. The van der Waals surface area contributed by atoms with E-state index >= 15 is 0 Å². The summed E-state index contributed by atoms with van der Waals surface area (Å²) >= 11 is 0.997. The highest BCUT2D eigenvalue weighted by Crippen LogP contribution is 2.25. The molecule has 0 radical (unpaired) electrons. The third-order valence-corrected chi connectivity index (χ3v) is 8.82. The monoisotopic (exact) mass is 523 g/mol. The lowest BCUT2D eigenvalue weighted by molar-refractivity contribution is 0.0996. The highest BCUT2D eigenvalue weighted by Gasteiger charge is 2.28. The molecule has 2 aromatic carbocycles. The number of fused-ring (bicyclic) bond motifs is 1. The van der Waals surface area contributed by atoms with Crippen LogP contribution in [0.5, 0.6) is 0 Å². The summed E-state index contributed by atoms with van der Waals surface area (Å²) in [7, 11) is -3.64. The molecule has 1 aliphatic heterocycles. The first-order chi connectivity index (χ1) is 16.7. The van der Waals surface area contributed by atoms with Crippen molar-refractivity contribution in [1.29, 1.82) is 0 Å². The average molecular weight is 524 g/mol. The first kappa shape index (κ1) is 25.6. The summed E-state index contributed by atoms with van der Waals surface area (Å²) in [6.07, 6.45) is 1.82. The summed E-state index contributed by atoms with van der Waals surface area (Å²) in [6, 6.07) is 7.64. The molecule has 7 nitrogen and oxygen atoms in total. The van der Waals surface area contributed by atoms with E-state index in [1.54, 1.807) is 0 Å². The van der Waals surface area contributed by atoms with Gasteiger partial charge in [0.25, 0.3) is 5.91 Å². The van der Waals surface area contributed by atoms with E-state index < -0.39 is 27.6 Å². The summed E-state index contributed by atoms with van der Waals surface area (Å²) in [5.74, 6) is -1.78. The Balaban J connectivity index is 1.65. The van der Waals surface area contributed by atoms with Crippen LogP contribution in [0, 0.1) is 17.6 Å². The second-order valence-electron chi connectivity index (χ2n) is 8.52. The third-order valence-electron chi connectivity index (χ3n) is 5.91. The predicted octanol–water partition coefficient (Wildman–Crippen LogP) is 4.18. The number of piperidine rings is 1. The van der Waals surface area contributed by atoms with Crippen molar-refractivity contribution < 1.29 is 26.7 Å². The van der Waals surface area contributed by atoms with Crippen molar-refractivity contribution in [3.63, 3.8) is 0 Å². The van der Waals surface area contributed by atoms with Crippen LogP contribution in [-0.4, -0.2) is 49.5 Å². The second kappa shape index (κ2) is 10.7. The SMILES string of the molecule is CCOCCn1c(=NC(=O)c2ccc(S(=O)(=O)N3CCCC(C)C3)cc2)sc2cc(F)cc(F)c21. The van der Waals surface area contributed by atoms with E-state index in [9.17, 15) is 22.0 Å². The number of carbonyl (C=O) groups excluding carboxylic acids is 1. The minimum absolute atomic E-state index is 0.120. The zero-order valence-corrected chi connectivity index (χ0v) is 21.2. The lowest BCUT2D eigenvalue weighted by Crippen LogP contribution is -2.39. The van der Waals surface area contributed by atoms with Crippen LogP contribution >= 0.6 is 11.3 Å². The number of sulfonamides is 1. The zero-order chi connectivity index (χ0) is 25.2. The standard InChI is InChI=1S/C24H27F2N3O4S2/c1-3-33-12-11-29-22-20(26)13-18(25)14-21(22)34-24(29)27-23(30)17-6-8-19(9-7-17)35(31,32)28-10-4-5-16(2)15-28/h6-9,13-14,16H,3-5,10-12,15H2,1-2H3. The van der Waals surface area contributed by atoms with Crippen LogP contribution in [0.15, 0.2) is 46.3 Å². The number of thiazole rings is 1. The molecule has 0 saturated carbocycles. The van der Waals surface area contributed by atoms with E-state index in [4.69, 9.17) is 4.74 Å². The van der Waals surface area contributed by atoms with Gasteiger partial charge in [-0.1, -0.05) is 18.3 Å². The van der Waals surface area contributed by atoms with Gasteiger partial charge in [0.05, 0.1) is 21.7 Å². The summed E-state index contributed by atoms with van der Waals surface area (Å²) in [5.41, 5.74) is 0.344. The van der Waals surface area contributed by atoms with Gasteiger partial charge in [0.15, 0.2) is 10.6 Å². The summed E-state index contributed by atoms with van der Waals surface area (Å²) in [5, 5.41) is 0. The maximum absolute atomic E-state index is 14.5. The fraction of sp³-hybridized carbons (Fsp3) is 0.417. The number of amides is 1. The Morgan fingerprint density at radius 3 is 2.66 bits per heavy atom. The van der Waals surface area contributed by atoms with Crippen LogP contribution in [0.4, 0.5) is 8.78 Å². The number of aromatic nitrogens is 1. The number of halogens is 2. The molecule has 1 saturated heterocycles. The molecule has 3 aromatic rings. The van der Waals surface area contributed by atoms with Gasteiger partial charge < -0.3 is 9.30 Å². The normalized spacial score (nSPS) is 17.8. The molecule has 4 rings (SSSR count). The molecular weight excluding hydrogens is 496 g/mol. The van der Waals surface area contributed by atoms with E-state index in [1.165, 1.54) is 39.2 Å². The average Bonchev–Trinajstić information content (AvgIpc) is 3.16. The molecule has 0 N–H and O–H groups in total. The molecule has 1 aliphatic rings. The first-order valence-electron chi connectivity index (χ1n) is 11.5. The molecular formula is C24H27F2N3O4S2. The highest BCUT2D eigenvalue weighted by atomic mass is 32.2. The van der Waals surface area contributed by atoms with Crippen molar-refractivity contribution in [1.82, 2.24) is 8.87 Å². The maximum Gasteiger partial charge on any atom is 0.279 e. The molecule has 0 bridgehead atoms. The Morgan fingerprint density at radius 1 is 1.23 bits per heavy atom. The highest BCUT2D eigenvalue weighted by molar-refractivity contribution is 7.89. The molecule has 0 aliphatic carbocycles. The van der Waals surface area contributed by atoms with Crippen LogP contribution in [0.2, 0.25) is 0 Å². The molecule has 35 heavy (non-hydrogen) atoms. The molecule has 0 spiro atoms. The smallest absolute Gasteiger partial charge is 0.279 e. The molecule has 188 valence electrons. The van der Waals surface area contributed by atoms with E-state index in [0.29, 0.717) is 30.3 Å². The van der Waals surface area contributed by atoms with Crippen LogP contribution in [0.25, 0.3) is 10.2 Å². The molecule has 11 heteroatoms. The van der Waals surface area contributed by atoms with E-state index in [1.807, 2.05) is 13.8 Å². The molecule has 1 aromatic heterocycles. The Labute approximate surface area is 206 Å². The third kappa shape index (κ3) is 5.53. The first-order valence-corrected chi connectivity index (χ1v) is 13.7. The molecule has 1 amide bonds. The van der Waals surface area contributed by atoms with E-state index in [2.05, 4.69) is 4.99 Å². The fourth-order valence-electron chi connectivity index (χ4n) is 4.16. The Kier molecular flexibility index (Phi) is 7.80. The number of hydrogen-bond donors (Lipinski definition) is 0. The molecule has 1 fully saturated rings. The topological polar surface area (TPSA) is 81.0 Å². The Bertz CT molecular complexity index is 1400. The van der Waals surface area contributed by atoms with Gasteiger partial charge in [-0.05, 0) is 56.0 Å². The number of hydrogen-bond acceptors (Lipinski definition) is 5. The van der Waals surface area contributed by atoms with Crippen LogP contribution in [-0.2, 0) is 21.3 Å². The summed E-state index contributed by atoms with van der Waals surface area (Å²) in [6.45, 7) is 5.78. The molecule has 1 unspecified atom stereocenters. The molecule has 1 atom stereocenters. The predicted molar refractivity (Wildman–Crippen MR) is 130 cm³/mol. The van der Waals surface area contributed by atoms with Crippen molar-refractivity contribution in [3.8, 4) is 0 Å². The van der Waals surface area contributed by atoms with Crippen molar-refractivity contribution >= 4 is 37.5 Å². The second-order valence-corrected chi connectivity index (χ2v) is 11.5. The lowest BCUT2D eigenvalue weighted by atomic mass is 10.0. The summed E-state index contributed by atoms with van der Waals surface area (Å²) < 4.78 is 62.9. The number of carbonyl (C=O) groups is 1. The van der Waals surface area contributed by atoms with Crippen molar-refractivity contribution in [3.05, 3.63) is 58.4 Å². The van der Waals surface area contributed by atoms with Crippen molar-refractivity contribution in [2.24, 2.45) is 10.9 Å². The number of ether oxygens (including phenoxy) is 1. The van der Waals surface area contributed by atoms with Gasteiger partial charge in [0, 0.05) is 37.9 Å². The van der Waals surface area contributed by atoms with Crippen LogP contribution < -0.4 is 4.80 Å². The van der Waals surface area contributed by atoms with Gasteiger partial charge in [-0.2, -0.15) is 9.30 Å². The Hall–Kier alpha value is -2.47. The van der Waals surface area contributed by atoms with E-state index in [-0.39, 0.29) is 33.9 Å². The fourth-order valence-corrected chi connectivity index (χ4v) is 6.85. The lowest BCUT2D eigenvalue weighted by Gasteiger charge is -2.30. The Morgan fingerprint density at radius 2 is 1.97 bits per heavy atom. The van der Waals surface area contributed by atoms with Gasteiger partial charge in [-0.25, -0.2) is 17.2 Å². The van der Waals surface area contributed by atoms with Crippen LogP contribution in [0.1, 0.15) is 37.0 Å². The van der Waals surface area contributed by atoms with Gasteiger partial charge in [-0.3, -0.25) is 4.79 Å². The minimum atomic E-state index is -3.64. The van der Waals surface area contributed by atoms with Gasteiger partial charge in [0.1, 0.15) is 5.82 Å². The minimum Gasteiger partial charge on any atom is -0.380 e. The maximum atomic E-state index is 14.5. The van der Waals surface area contributed by atoms with Gasteiger partial charge in [-0.15, -0.1) is 0 Å². The molecule has 2 heterocycles. The number of rotatable bonds is 7. The quantitative estimate of drug-likeness (QED) is 0.435. The van der Waals surface area contributed by atoms with Crippen LogP contribution in [0.3, 0.4) is 0 Å². The van der Waals surface area contributed by atoms with E-state index in [0.717, 1.165) is 30.2 Å².